The van der Waals surface area contributed by atoms with E-state index < -0.39 is 0 Å². The topological polar surface area (TPSA) is 49.9 Å². The molecule has 0 aliphatic heterocycles. The lowest BCUT2D eigenvalue weighted by atomic mass is 9.84. The largest absolute Gasteiger partial charge is 0.469 e. The minimum Gasteiger partial charge on any atom is -0.469 e. The van der Waals surface area contributed by atoms with Gasteiger partial charge in [-0.2, -0.15) is 0 Å². The molecule has 1 aliphatic carbocycles. The number of likely N-dealkylation sites (N-methyl/N-ethyl adjacent to an activating group) is 1. The standard InChI is InChI=1S/C16H30N2O3/c1-5-17(6-2)10-11-18(12-13(3)16(20)21-4)15(19)14-8-7-9-14/h13-14H,5-12H2,1-4H3. The number of hydrogen-bond acceptors (Lipinski definition) is 4. The summed E-state index contributed by atoms with van der Waals surface area (Å²) in [6.07, 6.45) is 3.13. The van der Waals surface area contributed by atoms with Gasteiger partial charge in [-0.1, -0.05) is 27.2 Å². The van der Waals surface area contributed by atoms with Crippen LogP contribution in [0.2, 0.25) is 0 Å². The number of carbonyl (C=O) groups excluding carboxylic acids is 2. The van der Waals surface area contributed by atoms with Crippen molar-refractivity contribution < 1.29 is 14.3 Å². The van der Waals surface area contributed by atoms with Crippen molar-refractivity contribution >= 4 is 11.9 Å². The van der Waals surface area contributed by atoms with Gasteiger partial charge in [0.25, 0.3) is 0 Å². The number of methoxy groups -OCH3 is 1. The van der Waals surface area contributed by atoms with E-state index in [0.717, 1.165) is 38.9 Å². The van der Waals surface area contributed by atoms with Crippen LogP contribution in [0, 0.1) is 11.8 Å². The van der Waals surface area contributed by atoms with Crippen LogP contribution in [0.3, 0.4) is 0 Å². The molecule has 0 radical (unpaired) electrons. The molecule has 0 aromatic rings. The Morgan fingerprint density at radius 3 is 2.24 bits per heavy atom. The van der Waals surface area contributed by atoms with Crippen molar-refractivity contribution in [3.05, 3.63) is 0 Å². The minimum atomic E-state index is -0.268. The summed E-state index contributed by atoms with van der Waals surface area (Å²) < 4.78 is 4.77. The van der Waals surface area contributed by atoms with Crippen LogP contribution in [-0.2, 0) is 14.3 Å². The van der Waals surface area contributed by atoms with Crippen LogP contribution >= 0.6 is 0 Å². The van der Waals surface area contributed by atoms with Gasteiger partial charge in [-0.05, 0) is 25.9 Å². The number of amides is 1. The van der Waals surface area contributed by atoms with Crippen molar-refractivity contribution in [2.45, 2.75) is 40.0 Å². The highest BCUT2D eigenvalue weighted by molar-refractivity contribution is 5.80. The van der Waals surface area contributed by atoms with Gasteiger partial charge in [0, 0.05) is 25.6 Å². The molecule has 0 aromatic heterocycles. The minimum absolute atomic E-state index is 0.173. The van der Waals surface area contributed by atoms with Crippen LogP contribution in [0.5, 0.6) is 0 Å². The molecule has 5 heteroatoms. The van der Waals surface area contributed by atoms with Crippen LogP contribution in [0.1, 0.15) is 40.0 Å². The van der Waals surface area contributed by atoms with Gasteiger partial charge in [-0.25, -0.2) is 0 Å². The molecule has 122 valence electrons. The molecule has 1 aliphatic rings. The number of nitrogens with zero attached hydrogens (tertiary/aromatic N) is 2. The van der Waals surface area contributed by atoms with E-state index in [-0.39, 0.29) is 23.7 Å². The van der Waals surface area contributed by atoms with E-state index in [1.54, 1.807) is 0 Å². The molecule has 1 fully saturated rings. The van der Waals surface area contributed by atoms with Gasteiger partial charge < -0.3 is 14.5 Å². The monoisotopic (exact) mass is 298 g/mol. The molecule has 1 atom stereocenters. The summed E-state index contributed by atoms with van der Waals surface area (Å²) in [6.45, 7) is 10.0. The summed E-state index contributed by atoms with van der Waals surface area (Å²) >= 11 is 0. The average Bonchev–Trinajstić information content (AvgIpc) is 2.43. The van der Waals surface area contributed by atoms with E-state index in [1.165, 1.54) is 7.11 Å². The number of ether oxygens (including phenoxy) is 1. The summed E-state index contributed by atoms with van der Waals surface area (Å²) in [6, 6.07) is 0. The molecule has 0 bridgehead atoms. The van der Waals surface area contributed by atoms with Gasteiger partial charge in [0.1, 0.15) is 0 Å². The summed E-state index contributed by atoms with van der Waals surface area (Å²) in [5.74, 6) is -0.129. The van der Waals surface area contributed by atoms with Crippen LogP contribution in [0.4, 0.5) is 0 Å². The van der Waals surface area contributed by atoms with E-state index in [4.69, 9.17) is 4.74 Å². The number of carbonyl (C=O) groups is 2. The van der Waals surface area contributed by atoms with E-state index in [1.807, 2.05) is 11.8 Å². The second-order valence-corrected chi connectivity index (χ2v) is 5.86. The Hall–Kier alpha value is -1.10. The van der Waals surface area contributed by atoms with Crippen molar-refractivity contribution in [3.63, 3.8) is 0 Å². The Balaban J connectivity index is 2.60. The summed E-state index contributed by atoms with van der Waals surface area (Å²) in [7, 11) is 1.40. The SMILES string of the molecule is CCN(CC)CCN(CC(C)C(=O)OC)C(=O)C1CCC1. The molecule has 0 aromatic carbocycles. The van der Waals surface area contributed by atoms with E-state index in [9.17, 15) is 9.59 Å². The zero-order valence-corrected chi connectivity index (χ0v) is 13.9. The second kappa shape index (κ2) is 9.03. The first-order valence-corrected chi connectivity index (χ1v) is 8.12. The molecule has 1 amide bonds. The van der Waals surface area contributed by atoms with Gasteiger partial charge in [-0.15, -0.1) is 0 Å². The van der Waals surface area contributed by atoms with E-state index in [2.05, 4.69) is 18.7 Å². The van der Waals surface area contributed by atoms with Crippen LogP contribution in [0.15, 0.2) is 0 Å². The summed E-state index contributed by atoms with van der Waals surface area (Å²) in [4.78, 5) is 28.3. The Kier molecular flexibility index (Phi) is 7.72. The number of esters is 1. The Labute approximate surface area is 128 Å². The first-order valence-electron chi connectivity index (χ1n) is 8.12. The maximum Gasteiger partial charge on any atom is 0.310 e. The molecule has 1 saturated carbocycles. The maximum atomic E-state index is 12.5. The molecule has 21 heavy (non-hydrogen) atoms. The Morgan fingerprint density at radius 2 is 1.81 bits per heavy atom. The van der Waals surface area contributed by atoms with Gasteiger partial charge in [-0.3, -0.25) is 9.59 Å². The number of hydrogen-bond donors (Lipinski definition) is 0. The highest BCUT2D eigenvalue weighted by Crippen LogP contribution is 2.28. The average molecular weight is 298 g/mol. The van der Waals surface area contributed by atoms with Crippen LogP contribution in [-0.4, -0.2) is 61.5 Å². The molecule has 0 spiro atoms. The molecule has 5 nitrogen and oxygen atoms in total. The first-order chi connectivity index (χ1) is 10.0. The summed E-state index contributed by atoms with van der Waals surface area (Å²) in [5.41, 5.74) is 0. The quantitative estimate of drug-likeness (QED) is 0.609. The van der Waals surface area contributed by atoms with Crippen molar-refractivity contribution in [1.29, 1.82) is 0 Å². The molecule has 0 N–H and O–H groups in total. The van der Waals surface area contributed by atoms with E-state index in [0.29, 0.717) is 13.1 Å². The smallest absolute Gasteiger partial charge is 0.310 e. The molecular formula is C16H30N2O3. The predicted molar refractivity (Wildman–Crippen MR) is 82.9 cm³/mol. The highest BCUT2D eigenvalue weighted by atomic mass is 16.5. The zero-order valence-electron chi connectivity index (χ0n) is 13.9. The van der Waals surface area contributed by atoms with E-state index >= 15 is 0 Å². The van der Waals surface area contributed by atoms with Gasteiger partial charge >= 0.3 is 5.97 Å². The van der Waals surface area contributed by atoms with Crippen molar-refractivity contribution in [3.8, 4) is 0 Å². The maximum absolute atomic E-state index is 12.5. The predicted octanol–water partition coefficient (Wildman–Crippen LogP) is 1.77. The Morgan fingerprint density at radius 1 is 1.19 bits per heavy atom. The Bertz CT molecular complexity index is 338. The lowest BCUT2D eigenvalue weighted by Gasteiger charge is -2.34. The number of rotatable bonds is 9. The fourth-order valence-electron chi connectivity index (χ4n) is 2.61. The lowest BCUT2D eigenvalue weighted by Crippen LogP contribution is -2.46. The lowest BCUT2D eigenvalue weighted by molar-refractivity contribution is -0.147. The third-order valence-corrected chi connectivity index (χ3v) is 4.44. The van der Waals surface area contributed by atoms with Crippen molar-refractivity contribution in [2.75, 3.05) is 39.8 Å². The highest BCUT2D eigenvalue weighted by Gasteiger charge is 2.31. The third-order valence-electron chi connectivity index (χ3n) is 4.44. The molecule has 1 rings (SSSR count). The molecule has 0 heterocycles. The normalized spacial score (nSPS) is 16.4. The zero-order chi connectivity index (χ0) is 15.8. The van der Waals surface area contributed by atoms with Crippen LogP contribution < -0.4 is 0 Å². The third kappa shape index (κ3) is 5.30. The van der Waals surface area contributed by atoms with Gasteiger partial charge in [0.05, 0.1) is 13.0 Å². The van der Waals surface area contributed by atoms with Gasteiger partial charge in [0.2, 0.25) is 5.91 Å². The van der Waals surface area contributed by atoms with Crippen LogP contribution in [0.25, 0.3) is 0 Å². The fraction of sp³-hybridized carbons (Fsp3) is 0.875. The summed E-state index contributed by atoms with van der Waals surface area (Å²) in [5, 5.41) is 0. The second-order valence-electron chi connectivity index (χ2n) is 5.86. The molecule has 1 unspecified atom stereocenters. The fourth-order valence-corrected chi connectivity index (χ4v) is 2.61. The van der Waals surface area contributed by atoms with Crippen molar-refractivity contribution in [1.82, 2.24) is 9.80 Å². The molecular weight excluding hydrogens is 268 g/mol. The van der Waals surface area contributed by atoms with Gasteiger partial charge in [0.15, 0.2) is 0 Å². The van der Waals surface area contributed by atoms with Crippen molar-refractivity contribution in [2.24, 2.45) is 11.8 Å². The molecule has 0 saturated heterocycles. The first kappa shape index (κ1) is 18.0.